The van der Waals surface area contributed by atoms with E-state index in [1.807, 2.05) is 0 Å². The van der Waals surface area contributed by atoms with Gasteiger partial charge in [-0.3, -0.25) is 0 Å². The molecule has 0 saturated heterocycles. The van der Waals surface area contributed by atoms with E-state index in [1.165, 1.54) is 32.6 Å². The summed E-state index contributed by atoms with van der Waals surface area (Å²) in [5, 5.41) is 3.71. The Morgan fingerprint density at radius 3 is 1.19 bits per heavy atom. The summed E-state index contributed by atoms with van der Waals surface area (Å²) in [4.78, 5) is 0. The SMILES string of the molecule is Cc1ccccc1[P+]([B-](Cl)C(Cl)Cl)(c1ccccc1C)c1ccccc1C. The van der Waals surface area contributed by atoms with Gasteiger partial charge >= 0.3 is 0 Å². The van der Waals surface area contributed by atoms with Crippen molar-refractivity contribution >= 4 is 63.6 Å². The standard InChI is InChI=1S/C22H22BCl3P/c1-16-10-4-7-13-19(16)27(23(26)22(24)25,20-14-8-5-11-17(20)2)21-15-9-6-12-18(21)3/h4-15,22H,1-3H3. The molecule has 0 aliphatic carbocycles. The van der Waals surface area contributed by atoms with Crippen molar-refractivity contribution in [3.05, 3.63) is 89.5 Å². The van der Waals surface area contributed by atoms with Gasteiger partial charge in [-0.05, 0) is 55.7 Å². The van der Waals surface area contributed by atoms with Gasteiger partial charge in [-0.15, -0.1) is 23.2 Å². The molecular formula is C22H22BCl3P. The fraction of sp³-hybridized carbons (Fsp3) is 0.182. The lowest BCUT2D eigenvalue weighted by Crippen LogP contribution is -2.44. The maximum absolute atomic E-state index is 7.14. The normalized spacial score (nSPS) is 12.0. The van der Waals surface area contributed by atoms with Crippen LogP contribution in [0, 0.1) is 20.8 Å². The van der Waals surface area contributed by atoms with Crippen molar-refractivity contribution in [1.29, 1.82) is 0 Å². The number of rotatable bonds is 5. The number of halogens is 3. The first-order valence-corrected chi connectivity index (χ1v) is 12.1. The minimum Gasteiger partial charge on any atom is -0.364 e. The zero-order valence-corrected chi connectivity index (χ0v) is 18.8. The molecule has 0 bridgehead atoms. The maximum Gasteiger partial charge on any atom is 0.218 e. The van der Waals surface area contributed by atoms with Gasteiger partial charge in [0.15, 0.2) is 0 Å². The van der Waals surface area contributed by atoms with Crippen molar-refractivity contribution in [2.24, 2.45) is 0 Å². The molecule has 139 valence electrons. The lowest BCUT2D eigenvalue weighted by molar-refractivity contribution is 1.49. The first kappa shape index (κ1) is 20.8. The average molecular weight is 435 g/mol. The van der Waals surface area contributed by atoms with Gasteiger partial charge in [-0.1, -0.05) is 61.7 Å². The van der Waals surface area contributed by atoms with Gasteiger partial charge in [0.25, 0.3) is 0 Å². The second-order valence-corrected chi connectivity index (χ2v) is 12.2. The Kier molecular flexibility index (Phi) is 6.60. The van der Waals surface area contributed by atoms with Crippen LogP contribution in [-0.2, 0) is 0 Å². The van der Waals surface area contributed by atoms with E-state index in [4.69, 9.17) is 34.7 Å². The van der Waals surface area contributed by atoms with Gasteiger partial charge in [0.2, 0.25) is 5.85 Å². The van der Waals surface area contributed by atoms with E-state index in [0.717, 1.165) is 0 Å². The van der Waals surface area contributed by atoms with Crippen molar-refractivity contribution in [2.45, 2.75) is 25.5 Å². The Balaban J connectivity index is 2.53. The lowest BCUT2D eigenvalue weighted by atomic mass is 10.1. The van der Waals surface area contributed by atoms with Crippen LogP contribution in [0.3, 0.4) is 0 Å². The second kappa shape index (κ2) is 8.58. The Morgan fingerprint density at radius 2 is 0.926 bits per heavy atom. The van der Waals surface area contributed by atoms with E-state index in [1.54, 1.807) is 0 Å². The third-order valence-electron chi connectivity index (χ3n) is 5.06. The monoisotopic (exact) mass is 433 g/mol. The molecule has 0 N–H and O–H groups in total. The van der Waals surface area contributed by atoms with Gasteiger partial charge < -0.3 is 11.5 Å². The van der Waals surface area contributed by atoms with Crippen LogP contribution in [-0.4, -0.2) is 10.6 Å². The van der Waals surface area contributed by atoms with Gasteiger partial charge in [-0.2, -0.15) is 0 Å². The quantitative estimate of drug-likeness (QED) is 0.263. The third-order valence-corrected chi connectivity index (χ3v) is 12.1. The summed E-state index contributed by atoms with van der Waals surface area (Å²) in [7, 11) is -2.31. The summed E-state index contributed by atoms with van der Waals surface area (Å²) in [6.07, 6.45) is 0. The molecule has 3 aromatic carbocycles. The number of hydrogen-bond donors (Lipinski definition) is 0. The predicted octanol–water partition coefficient (Wildman–Crippen LogP) is 5.98. The van der Waals surface area contributed by atoms with Crippen molar-refractivity contribution in [3.8, 4) is 0 Å². The zero-order valence-electron chi connectivity index (χ0n) is 15.7. The van der Waals surface area contributed by atoms with E-state index in [2.05, 4.69) is 93.6 Å². The minimum absolute atomic E-state index is 0.441. The van der Waals surface area contributed by atoms with Crippen molar-refractivity contribution < 1.29 is 0 Å². The lowest BCUT2D eigenvalue weighted by Gasteiger charge is -2.43. The molecule has 3 aromatic rings. The second-order valence-electron chi connectivity index (χ2n) is 6.79. The summed E-state index contributed by atoms with van der Waals surface area (Å²) in [5.74, 6) is -0.441. The predicted molar refractivity (Wildman–Crippen MR) is 126 cm³/mol. The number of hydrogen-bond acceptors (Lipinski definition) is 0. The summed E-state index contributed by atoms with van der Waals surface area (Å²) >= 11 is 20.1. The molecule has 0 aliphatic heterocycles. The molecule has 0 aliphatic rings. The zero-order chi connectivity index (χ0) is 19.6. The number of benzene rings is 3. The van der Waals surface area contributed by atoms with Crippen LogP contribution in [0.25, 0.3) is 0 Å². The van der Waals surface area contributed by atoms with Gasteiger partial charge in [-0.25, -0.2) is 0 Å². The molecule has 1 radical (unpaired) electrons. The maximum atomic E-state index is 7.14. The molecule has 0 atom stereocenters. The third kappa shape index (κ3) is 3.68. The van der Waals surface area contributed by atoms with Crippen LogP contribution in [0.5, 0.6) is 0 Å². The highest BCUT2D eigenvalue weighted by molar-refractivity contribution is 8.24. The van der Waals surface area contributed by atoms with Gasteiger partial charge in [0.05, 0.1) is 15.9 Å². The summed E-state index contributed by atoms with van der Waals surface area (Å²) in [6.45, 7) is 6.42. The Morgan fingerprint density at radius 1 is 0.630 bits per heavy atom. The molecular weight excluding hydrogens is 412 g/mol. The smallest absolute Gasteiger partial charge is 0.218 e. The Labute approximate surface area is 178 Å². The van der Waals surface area contributed by atoms with Crippen LogP contribution in [0.1, 0.15) is 16.7 Å². The van der Waals surface area contributed by atoms with E-state index in [0.29, 0.717) is 0 Å². The first-order valence-electron chi connectivity index (χ1n) is 8.90. The van der Waals surface area contributed by atoms with Crippen molar-refractivity contribution in [3.63, 3.8) is 0 Å². The van der Waals surface area contributed by atoms with Crippen LogP contribution < -0.4 is 15.9 Å². The summed E-state index contributed by atoms with van der Waals surface area (Å²) < 4.78 is -0.696. The van der Waals surface area contributed by atoms with Crippen molar-refractivity contribution in [1.82, 2.24) is 0 Å². The highest BCUT2D eigenvalue weighted by Crippen LogP contribution is 2.62. The highest BCUT2D eigenvalue weighted by atomic mass is 35.5. The molecule has 0 spiro atoms. The van der Waals surface area contributed by atoms with Crippen LogP contribution in [0.2, 0.25) is 0 Å². The largest absolute Gasteiger partial charge is 0.364 e. The van der Waals surface area contributed by atoms with Crippen molar-refractivity contribution in [2.75, 3.05) is 0 Å². The van der Waals surface area contributed by atoms with E-state index >= 15 is 0 Å². The molecule has 0 saturated carbocycles. The van der Waals surface area contributed by atoms with Gasteiger partial charge in [0, 0.05) is 4.74 Å². The minimum atomic E-state index is -2.31. The van der Waals surface area contributed by atoms with Gasteiger partial charge in [0.1, 0.15) is 0 Å². The molecule has 0 amide bonds. The molecule has 0 aromatic heterocycles. The molecule has 0 heterocycles. The topological polar surface area (TPSA) is 0 Å². The molecule has 0 unspecified atom stereocenters. The highest BCUT2D eigenvalue weighted by Gasteiger charge is 2.48. The fourth-order valence-corrected chi connectivity index (χ4v) is 10.6. The number of aryl methyl sites for hydroxylation is 3. The van der Waals surface area contributed by atoms with E-state index in [-0.39, 0.29) is 0 Å². The average Bonchev–Trinajstić information content (AvgIpc) is 2.65. The molecule has 0 nitrogen and oxygen atoms in total. The Bertz CT molecular complexity index is 831. The van der Waals surface area contributed by atoms with Crippen LogP contribution >= 0.6 is 41.8 Å². The first-order chi connectivity index (χ1) is 12.9. The fourth-order valence-electron chi connectivity index (χ4n) is 3.83. The number of alkyl halides is 2. The summed E-state index contributed by atoms with van der Waals surface area (Å²) in [5.41, 5.74) is 3.62. The van der Waals surface area contributed by atoms with Crippen LogP contribution in [0.15, 0.2) is 72.8 Å². The molecule has 5 heteroatoms. The molecule has 0 fully saturated rings. The molecule has 27 heavy (non-hydrogen) atoms. The van der Waals surface area contributed by atoms with E-state index < -0.39 is 17.7 Å². The summed E-state index contributed by atoms with van der Waals surface area (Å²) in [6, 6.07) is 25.4. The molecule has 3 rings (SSSR count). The van der Waals surface area contributed by atoms with E-state index in [9.17, 15) is 0 Å². The Hall–Kier alpha value is -0.975. The van der Waals surface area contributed by atoms with Crippen LogP contribution in [0.4, 0.5) is 0 Å².